The molecule has 0 atom stereocenters. The van der Waals surface area contributed by atoms with Crippen molar-refractivity contribution in [3.05, 3.63) is 29.3 Å². The number of hydrogen-bond donors (Lipinski definition) is 1. The molecule has 1 aromatic rings. The first-order valence-corrected chi connectivity index (χ1v) is 6.12. The zero-order chi connectivity index (χ0) is 12.8. The molecule has 0 unspecified atom stereocenters. The van der Waals surface area contributed by atoms with Gasteiger partial charge in [0.1, 0.15) is 5.75 Å². The third kappa shape index (κ3) is 3.48. The monoisotopic (exact) mass is 235 g/mol. The highest BCUT2D eigenvalue weighted by Crippen LogP contribution is 2.22. The van der Waals surface area contributed by atoms with Crippen molar-refractivity contribution in [1.82, 2.24) is 4.90 Å². The lowest BCUT2D eigenvalue weighted by molar-refractivity contribution is 0.0789. The quantitative estimate of drug-likeness (QED) is 0.797. The van der Waals surface area contributed by atoms with Crippen LogP contribution in [0.1, 0.15) is 42.1 Å². The summed E-state index contributed by atoms with van der Waals surface area (Å²) in [7, 11) is 1.78. The predicted octanol–water partition coefficient (Wildman–Crippen LogP) is 2.96. The van der Waals surface area contributed by atoms with Crippen molar-refractivity contribution in [3.63, 3.8) is 0 Å². The van der Waals surface area contributed by atoms with Crippen LogP contribution in [0.15, 0.2) is 18.2 Å². The summed E-state index contributed by atoms with van der Waals surface area (Å²) in [6, 6.07) is 5.26. The van der Waals surface area contributed by atoms with Gasteiger partial charge >= 0.3 is 0 Å². The smallest absolute Gasteiger partial charge is 0.257 e. The fourth-order valence-corrected chi connectivity index (χ4v) is 1.74. The van der Waals surface area contributed by atoms with Gasteiger partial charge < -0.3 is 10.0 Å². The number of hydrogen-bond acceptors (Lipinski definition) is 2. The zero-order valence-corrected chi connectivity index (χ0v) is 10.9. The molecule has 0 saturated heterocycles. The lowest BCUT2D eigenvalue weighted by Crippen LogP contribution is -2.27. The number of carbonyl (C=O) groups is 1. The molecule has 0 aliphatic heterocycles. The number of nitrogens with zero attached hydrogens (tertiary/aromatic N) is 1. The van der Waals surface area contributed by atoms with E-state index in [1.54, 1.807) is 37.1 Å². The molecule has 3 heteroatoms. The normalized spacial score (nSPS) is 10.3. The first kappa shape index (κ1) is 13.6. The van der Waals surface area contributed by atoms with E-state index in [2.05, 4.69) is 6.92 Å². The lowest BCUT2D eigenvalue weighted by Gasteiger charge is -2.18. The van der Waals surface area contributed by atoms with Gasteiger partial charge in [-0.15, -0.1) is 0 Å². The highest BCUT2D eigenvalue weighted by atomic mass is 16.3. The summed E-state index contributed by atoms with van der Waals surface area (Å²) in [6.45, 7) is 4.66. The molecular weight excluding hydrogens is 214 g/mol. The Labute approximate surface area is 103 Å². The van der Waals surface area contributed by atoms with Crippen LogP contribution < -0.4 is 0 Å². The molecule has 1 rings (SSSR count). The van der Waals surface area contributed by atoms with E-state index in [9.17, 15) is 9.90 Å². The van der Waals surface area contributed by atoms with Gasteiger partial charge in [0.05, 0.1) is 5.56 Å². The van der Waals surface area contributed by atoms with Crippen LogP contribution in [0.25, 0.3) is 0 Å². The predicted molar refractivity (Wildman–Crippen MR) is 69.3 cm³/mol. The molecule has 0 aromatic heterocycles. The summed E-state index contributed by atoms with van der Waals surface area (Å²) in [5.41, 5.74) is 1.13. The SMILES string of the molecule is CCCCCN(C)C(=O)c1cccc(C)c1O. The van der Waals surface area contributed by atoms with Crippen LogP contribution in [-0.2, 0) is 0 Å². The summed E-state index contributed by atoms with van der Waals surface area (Å²) >= 11 is 0. The number of phenols is 1. The van der Waals surface area contributed by atoms with E-state index in [1.165, 1.54) is 0 Å². The molecule has 0 heterocycles. The van der Waals surface area contributed by atoms with Gasteiger partial charge in [0.15, 0.2) is 0 Å². The number of aromatic hydroxyl groups is 1. The molecule has 0 aliphatic carbocycles. The molecule has 1 amide bonds. The lowest BCUT2D eigenvalue weighted by atomic mass is 10.1. The van der Waals surface area contributed by atoms with Crippen LogP contribution in [0.2, 0.25) is 0 Å². The van der Waals surface area contributed by atoms with Crippen LogP contribution in [0, 0.1) is 6.92 Å². The molecular formula is C14H21NO2. The second-order valence-corrected chi connectivity index (χ2v) is 4.40. The Morgan fingerprint density at radius 3 is 2.71 bits per heavy atom. The van der Waals surface area contributed by atoms with Gasteiger partial charge in [0, 0.05) is 13.6 Å². The molecule has 0 fully saturated rings. The van der Waals surface area contributed by atoms with Crippen molar-refractivity contribution < 1.29 is 9.90 Å². The van der Waals surface area contributed by atoms with Crippen molar-refractivity contribution in [2.24, 2.45) is 0 Å². The van der Waals surface area contributed by atoms with E-state index >= 15 is 0 Å². The number of unbranched alkanes of at least 4 members (excludes halogenated alkanes) is 2. The number of para-hydroxylation sites is 1. The Kier molecular flexibility index (Phi) is 5.01. The highest BCUT2D eigenvalue weighted by Gasteiger charge is 2.16. The van der Waals surface area contributed by atoms with Crippen molar-refractivity contribution in [2.75, 3.05) is 13.6 Å². The van der Waals surface area contributed by atoms with Crippen molar-refractivity contribution in [3.8, 4) is 5.75 Å². The summed E-state index contributed by atoms with van der Waals surface area (Å²) < 4.78 is 0. The minimum Gasteiger partial charge on any atom is -0.507 e. The van der Waals surface area contributed by atoms with Crippen molar-refractivity contribution in [1.29, 1.82) is 0 Å². The van der Waals surface area contributed by atoms with Crippen LogP contribution >= 0.6 is 0 Å². The topological polar surface area (TPSA) is 40.5 Å². The molecule has 94 valence electrons. The van der Waals surface area contributed by atoms with E-state index in [0.717, 1.165) is 31.4 Å². The third-order valence-corrected chi connectivity index (χ3v) is 2.91. The number of aryl methyl sites for hydroxylation is 1. The first-order valence-electron chi connectivity index (χ1n) is 6.12. The van der Waals surface area contributed by atoms with Crippen LogP contribution in [0.4, 0.5) is 0 Å². The minimum atomic E-state index is -0.109. The van der Waals surface area contributed by atoms with Gasteiger partial charge in [-0.05, 0) is 25.0 Å². The number of phenolic OH excluding ortho intramolecular Hbond substituents is 1. The molecule has 0 radical (unpaired) electrons. The van der Waals surface area contributed by atoms with Gasteiger partial charge in [-0.1, -0.05) is 31.9 Å². The standard InChI is InChI=1S/C14H21NO2/c1-4-5-6-10-15(3)14(17)12-9-7-8-11(2)13(12)16/h7-9,16H,4-6,10H2,1-3H3. The van der Waals surface area contributed by atoms with E-state index in [1.807, 2.05) is 0 Å². The second kappa shape index (κ2) is 6.28. The number of carbonyl (C=O) groups excluding carboxylic acids is 1. The fraction of sp³-hybridized carbons (Fsp3) is 0.500. The fourth-order valence-electron chi connectivity index (χ4n) is 1.74. The molecule has 0 aliphatic rings. The maximum Gasteiger partial charge on any atom is 0.257 e. The highest BCUT2D eigenvalue weighted by molar-refractivity contribution is 5.97. The summed E-state index contributed by atoms with van der Waals surface area (Å²) in [4.78, 5) is 13.7. The molecule has 1 N–H and O–H groups in total. The Hall–Kier alpha value is -1.51. The zero-order valence-electron chi connectivity index (χ0n) is 10.9. The van der Waals surface area contributed by atoms with Crippen LogP contribution in [0.3, 0.4) is 0 Å². The number of benzene rings is 1. The second-order valence-electron chi connectivity index (χ2n) is 4.40. The Morgan fingerprint density at radius 1 is 1.35 bits per heavy atom. The van der Waals surface area contributed by atoms with E-state index in [4.69, 9.17) is 0 Å². The average molecular weight is 235 g/mol. The van der Waals surface area contributed by atoms with Crippen LogP contribution in [-0.4, -0.2) is 29.5 Å². The maximum atomic E-state index is 12.1. The minimum absolute atomic E-state index is 0.0971. The molecule has 3 nitrogen and oxygen atoms in total. The first-order chi connectivity index (χ1) is 8.07. The summed E-state index contributed by atoms with van der Waals surface area (Å²) in [5.74, 6) is -0.0119. The van der Waals surface area contributed by atoms with Crippen molar-refractivity contribution >= 4 is 5.91 Å². The van der Waals surface area contributed by atoms with Gasteiger partial charge in [0.25, 0.3) is 5.91 Å². The van der Waals surface area contributed by atoms with Crippen LogP contribution in [0.5, 0.6) is 5.75 Å². The molecule has 0 spiro atoms. The number of amides is 1. The Bertz CT molecular complexity index is 388. The average Bonchev–Trinajstić information content (AvgIpc) is 2.32. The summed E-state index contributed by atoms with van der Waals surface area (Å²) in [6.07, 6.45) is 3.26. The molecule has 0 saturated carbocycles. The molecule has 0 bridgehead atoms. The van der Waals surface area contributed by atoms with Gasteiger partial charge in [-0.25, -0.2) is 0 Å². The third-order valence-electron chi connectivity index (χ3n) is 2.91. The van der Waals surface area contributed by atoms with Gasteiger partial charge in [0.2, 0.25) is 0 Å². The van der Waals surface area contributed by atoms with E-state index < -0.39 is 0 Å². The van der Waals surface area contributed by atoms with Gasteiger partial charge in [-0.3, -0.25) is 4.79 Å². The van der Waals surface area contributed by atoms with E-state index in [-0.39, 0.29) is 11.7 Å². The van der Waals surface area contributed by atoms with E-state index in [0.29, 0.717) is 5.56 Å². The Morgan fingerprint density at radius 2 is 2.06 bits per heavy atom. The summed E-state index contributed by atoms with van der Waals surface area (Å²) in [5, 5.41) is 9.84. The maximum absolute atomic E-state index is 12.1. The largest absolute Gasteiger partial charge is 0.507 e. The molecule has 1 aromatic carbocycles. The van der Waals surface area contributed by atoms with Gasteiger partial charge in [-0.2, -0.15) is 0 Å². The molecule has 17 heavy (non-hydrogen) atoms. The van der Waals surface area contributed by atoms with Crippen molar-refractivity contribution in [2.45, 2.75) is 33.1 Å². The number of rotatable bonds is 5. The Balaban J connectivity index is 2.71.